The molecule has 0 saturated carbocycles. The number of alkyl halides is 3. The van der Waals surface area contributed by atoms with Crippen LogP contribution < -0.4 is 5.32 Å². The molecule has 0 aliphatic heterocycles. The molecule has 0 aliphatic rings. The topological polar surface area (TPSA) is 80.3 Å². The quantitative estimate of drug-likeness (QED) is 0.870. The first kappa shape index (κ1) is 18.1. The lowest BCUT2D eigenvalue weighted by Crippen LogP contribution is -2.46. The number of furan rings is 1. The van der Waals surface area contributed by atoms with Crippen molar-refractivity contribution >= 4 is 5.91 Å². The number of rotatable bonds is 5. The summed E-state index contributed by atoms with van der Waals surface area (Å²) in [6.45, 7) is 3.24. The van der Waals surface area contributed by atoms with Crippen LogP contribution >= 0.6 is 0 Å². The van der Waals surface area contributed by atoms with Gasteiger partial charge in [0.25, 0.3) is 0 Å². The first-order chi connectivity index (χ1) is 11.0. The summed E-state index contributed by atoms with van der Waals surface area (Å²) in [5, 5.41) is 16.4. The molecule has 1 unspecified atom stereocenters. The van der Waals surface area contributed by atoms with Gasteiger partial charge in [-0.2, -0.15) is 18.3 Å². The van der Waals surface area contributed by atoms with E-state index >= 15 is 0 Å². The number of aryl methyl sites for hydroxylation is 2. The van der Waals surface area contributed by atoms with Crippen molar-refractivity contribution in [2.45, 2.75) is 38.6 Å². The second-order valence-corrected chi connectivity index (χ2v) is 5.60. The van der Waals surface area contributed by atoms with E-state index in [9.17, 15) is 23.1 Å². The Morgan fingerprint density at radius 1 is 1.38 bits per heavy atom. The summed E-state index contributed by atoms with van der Waals surface area (Å²) in [5.41, 5.74) is -1.92. The lowest BCUT2D eigenvalue weighted by molar-refractivity contribution is -0.273. The Labute approximate surface area is 136 Å². The number of aromatic nitrogens is 2. The zero-order valence-corrected chi connectivity index (χ0v) is 13.4. The van der Waals surface area contributed by atoms with Crippen molar-refractivity contribution in [3.8, 4) is 0 Å². The Bertz CT molecular complexity index is 736. The predicted molar refractivity (Wildman–Crippen MR) is 77.8 cm³/mol. The molecule has 1 amide bonds. The molecule has 2 aromatic heterocycles. The van der Waals surface area contributed by atoms with Crippen LogP contribution in [-0.2, 0) is 24.0 Å². The Morgan fingerprint density at radius 3 is 2.50 bits per heavy atom. The molecule has 9 heteroatoms. The first-order valence-corrected chi connectivity index (χ1v) is 7.15. The summed E-state index contributed by atoms with van der Waals surface area (Å²) in [5.74, 6) is -1.45. The summed E-state index contributed by atoms with van der Waals surface area (Å²) in [6, 6.07) is 2.31. The molecule has 1 atom stereocenters. The van der Waals surface area contributed by atoms with Crippen LogP contribution in [0.15, 0.2) is 22.7 Å². The molecule has 2 heterocycles. The van der Waals surface area contributed by atoms with Crippen LogP contribution in [0.1, 0.15) is 29.2 Å². The maximum atomic E-state index is 13.3. The van der Waals surface area contributed by atoms with Crippen LogP contribution in [0.4, 0.5) is 13.2 Å². The van der Waals surface area contributed by atoms with E-state index in [4.69, 9.17) is 4.42 Å². The maximum absolute atomic E-state index is 13.3. The average Bonchev–Trinajstić information content (AvgIpc) is 3.04. The molecule has 2 rings (SSSR count). The van der Waals surface area contributed by atoms with E-state index in [0.29, 0.717) is 5.56 Å². The number of halogens is 3. The van der Waals surface area contributed by atoms with Crippen molar-refractivity contribution in [1.29, 1.82) is 0 Å². The van der Waals surface area contributed by atoms with E-state index in [0.717, 1.165) is 11.8 Å². The molecule has 0 saturated heterocycles. The molecule has 6 nitrogen and oxygen atoms in total. The van der Waals surface area contributed by atoms with E-state index < -0.39 is 29.9 Å². The normalized spacial score (nSPS) is 14.5. The highest BCUT2D eigenvalue weighted by atomic mass is 19.4. The Hall–Kier alpha value is -2.29. The third-order valence-corrected chi connectivity index (χ3v) is 3.85. The summed E-state index contributed by atoms with van der Waals surface area (Å²) in [6.07, 6.45) is -4.73. The van der Waals surface area contributed by atoms with Gasteiger partial charge in [-0.25, -0.2) is 0 Å². The third-order valence-electron chi connectivity index (χ3n) is 3.85. The lowest BCUT2D eigenvalue weighted by Gasteiger charge is -2.27. The molecular weight excluding hydrogens is 327 g/mol. The van der Waals surface area contributed by atoms with Crippen LogP contribution in [0.2, 0.25) is 0 Å². The highest BCUT2D eigenvalue weighted by molar-refractivity contribution is 5.77. The monoisotopic (exact) mass is 345 g/mol. The lowest BCUT2D eigenvalue weighted by atomic mass is 9.95. The number of nitrogens with zero attached hydrogens (tertiary/aromatic N) is 2. The van der Waals surface area contributed by atoms with Gasteiger partial charge in [0.1, 0.15) is 11.5 Å². The fraction of sp³-hybridized carbons (Fsp3) is 0.467. The zero-order valence-electron chi connectivity index (χ0n) is 13.4. The number of hydrogen-bond acceptors (Lipinski definition) is 4. The largest absolute Gasteiger partial charge is 0.463 e. The van der Waals surface area contributed by atoms with Gasteiger partial charge in [-0.05, 0) is 26.0 Å². The molecule has 0 radical (unpaired) electrons. The molecule has 0 fully saturated rings. The molecule has 0 aliphatic carbocycles. The van der Waals surface area contributed by atoms with Gasteiger partial charge < -0.3 is 14.8 Å². The molecule has 0 bridgehead atoms. The van der Waals surface area contributed by atoms with Crippen molar-refractivity contribution < 1.29 is 27.5 Å². The third kappa shape index (κ3) is 3.45. The van der Waals surface area contributed by atoms with E-state index in [2.05, 4.69) is 10.4 Å². The molecule has 2 N–H and O–H groups in total. The van der Waals surface area contributed by atoms with Crippen molar-refractivity contribution in [2.24, 2.45) is 7.05 Å². The molecule has 132 valence electrons. The minimum atomic E-state index is -5.06. The van der Waals surface area contributed by atoms with E-state index in [-0.39, 0.29) is 12.3 Å². The maximum Gasteiger partial charge on any atom is 0.425 e. The van der Waals surface area contributed by atoms with Gasteiger partial charge in [-0.15, -0.1) is 0 Å². The Morgan fingerprint density at radius 2 is 2.04 bits per heavy atom. The fourth-order valence-corrected chi connectivity index (χ4v) is 2.19. The second-order valence-electron chi connectivity index (χ2n) is 5.60. The zero-order chi connectivity index (χ0) is 18.1. The highest BCUT2D eigenvalue weighted by Crippen LogP contribution is 2.42. The van der Waals surface area contributed by atoms with Gasteiger partial charge >= 0.3 is 6.18 Å². The molecular formula is C15H18F3N3O3. The van der Waals surface area contributed by atoms with Crippen LogP contribution in [0.25, 0.3) is 0 Å². The van der Waals surface area contributed by atoms with Crippen LogP contribution in [0, 0.1) is 13.8 Å². The van der Waals surface area contributed by atoms with Crippen molar-refractivity contribution in [3.63, 3.8) is 0 Å². The predicted octanol–water partition coefficient (Wildman–Crippen LogP) is 2.09. The van der Waals surface area contributed by atoms with Gasteiger partial charge in [-0.3, -0.25) is 9.48 Å². The summed E-state index contributed by atoms with van der Waals surface area (Å²) >= 11 is 0. The number of amides is 1. The molecule has 0 spiro atoms. The Kier molecular flexibility index (Phi) is 4.75. The number of aliphatic hydroxyl groups is 1. The van der Waals surface area contributed by atoms with Crippen LogP contribution in [0.5, 0.6) is 0 Å². The van der Waals surface area contributed by atoms with Crippen LogP contribution in [-0.4, -0.2) is 27.0 Å². The van der Waals surface area contributed by atoms with Crippen molar-refractivity contribution in [1.82, 2.24) is 15.1 Å². The molecule has 2 aromatic rings. The number of hydrogen-bond donors (Lipinski definition) is 2. The van der Waals surface area contributed by atoms with E-state index in [1.54, 1.807) is 18.7 Å². The van der Waals surface area contributed by atoms with E-state index in [1.165, 1.54) is 19.2 Å². The SMILES string of the molecule is Cc1ccc(C(O)(CC(=O)NCc2cnn(C)c2C)C(F)(F)F)o1. The number of nitrogens with one attached hydrogen (secondary N) is 1. The van der Waals surface area contributed by atoms with Gasteiger partial charge in [0.05, 0.1) is 12.6 Å². The average molecular weight is 345 g/mol. The summed E-state index contributed by atoms with van der Waals surface area (Å²) in [7, 11) is 1.71. The van der Waals surface area contributed by atoms with Crippen LogP contribution in [0.3, 0.4) is 0 Å². The van der Waals surface area contributed by atoms with Gasteiger partial charge in [-0.1, -0.05) is 0 Å². The number of carbonyl (C=O) groups is 1. The number of carbonyl (C=O) groups excluding carboxylic acids is 1. The van der Waals surface area contributed by atoms with Gasteiger partial charge in [0.2, 0.25) is 11.5 Å². The van der Waals surface area contributed by atoms with E-state index in [1.807, 2.05) is 0 Å². The summed E-state index contributed by atoms with van der Waals surface area (Å²) in [4.78, 5) is 11.9. The standard InChI is InChI=1S/C15H18F3N3O3/c1-9-4-5-12(24-9)14(23,15(16,17)18)6-13(22)19-7-11-8-20-21(3)10(11)2/h4-5,8,23H,6-7H2,1-3H3,(H,19,22). The molecule has 0 aromatic carbocycles. The highest BCUT2D eigenvalue weighted by Gasteiger charge is 2.58. The van der Waals surface area contributed by atoms with Gasteiger partial charge in [0.15, 0.2) is 0 Å². The first-order valence-electron chi connectivity index (χ1n) is 7.15. The fourth-order valence-electron chi connectivity index (χ4n) is 2.19. The Balaban J connectivity index is 2.12. The second kappa shape index (κ2) is 6.31. The minimum Gasteiger partial charge on any atom is -0.463 e. The van der Waals surface area contributed by atoms with Crippen molar-refractivity contribution in [2.75, 3.05) is 0 Å². The molecule has 24 heavy (non-hydrogen) atoms. The van der Waals surface area contributed by atoms with Gasteiger partial charge in [0, 0.05) is 24.8 Å². The van der Waals surface area contributed by atoms with Crippen molar-refractivity contribution in [3.05, 3.63) is 41.1 Å². The summed E-state index contributed by atoms with van der Waals surface area (Å²) < 4.78 is 46.3. The smallest absolute Gasteiger partial charge is 0.425 e. The minimum absolute atomic E-state index is 0.0175.